The molecule has 1 aromatic carbocycles. The second kappa shape index (κ2) is 5.42. The van der Waals surface area contributed by atoms with Gasteiger partial charge >= 0.3 is 0 Å². The van der Waals surface area contributed by atoms with Crippen LogP contribution in [0.5, 0.6) is 0 Å². The molecule has 1 N–H and O–H groups in total. The monoisotopic (exact) mass is 272 g/mol. The number of benzene rings is 1. The van der Waals surface area contributed by atoms with Crippen molar-refractivity contribution in [1.82, 2.24) is 15.5 Å². The summed E-state index contributed by atoms with van der Waals surface area (Å²) < 4.78 is 5.14. The Hall–Kier alpha value is -2.21. The van der Waals surface area contributed by atoms with E-state index in [2.05, 4.69) is 15.5 Å². The molecular formula is C14H16N4O2. The van der Waals surface area contributed by atoms with Crippen LogP contribution in [0.1, 0.15) is 18.7 Å². The number of nitrogens with one attached hydrogen (secondary N) is 1. The largest absolute Gasteiger partial charge is 0.338 e. The van der Waals surface area contributed by atoms with Gasteiger partial charge in [0.05, 0.1) is 6.54 Å². The highest BCUT2D eigenvalue weighted by atomic mass is 16.5. The Morgan fingerprint density at radius 1 is 1.45 bits per heavy atom. The van der Waals surface area contributed by atoms with Crippen LogP contribution < -0.4 is 10.2 Å². The average molecular weight is 272 g/mol. The van der Waals surface area contributed by atoms with Crippen molar-refractivity contribution in [2.24, 2.45) is 0 Å². The van der Waals surface area contributed by atoms with Gasteiger partial charge in [0.2, 0.25) is 17.6 Å². The molecule has 1 fully saturated rings. The molecule has 0 unspecified atom stereocenters. The van der Waals surface area contributed by atoms with E-state index in [1.54, 1.807) is 4.90 Å². The van der Waals surface area contributed by atoms with E-state index in [0.717, 1.165) is 24.2 Å². The van der Waals surface area contributed by atoms with Gasteiger partial charge in [-0.2, -0.15) is 4.98 Å². The first kappa shape index (κ1) is 12.8. The van der Waals surface area contributed by atoms with Crippen LogP contribution in [-0.4, -0.2) is 29.6 Å². The maximum atomic E-state index is 11.8. The van der Waals surface area contributed by atoms with Crippen molar-refractivity contribution in [3.63, 3.8) is 0 Å². The Labute approximate surface area is 116 Å². The highest BCUT2D eigenvalue weighted by Crippen LogP contribution is 2.26. The van der Waals surface area contributed by atoms with Gasteiger partial charge in [0.1, 0.15) is 0 Å². The first-order valence-electron chi connectivity index (χ1n) is 6.66. The molecule has 1 saturated heterocycles. The lowest BCUT2D eigenvalue weighted by Gasteiger charge is -2.15. The van der Waals surface area contributed by atoms with Gasteiger partial charge in [0, 0.05) is 24.2 Å². The number of carbonyl (C=O) groups excluding carboxylic acids is 1. The lowest BCUT2D eigenvalue weighted by Crippen LogP contribution is -2.23. The van der Waals surface area contributed by atoms with Crippen molar-refractivity contribution in [2.75, 3.05) is 18.5 Å². The van der Waals surface area contributed by atoms with Gasteiger partial charge in [0.15, 0.2) is 0 Å². The molecule has 104 valence electrons. The van der Waals surface area contributed by atoms with Gasteiger partial charge in [0.25, 0.3) is 0 Å². The Kier molecular flexibility index (Phi) is 3.47. The van der Waals surface area contributed by atoms with Gasteiger partial charge in [-0.25, -0.2) is 0 Å². The topological polar surface area (TPSA) is 71.3 Å². The molecule has 0 atom stereocenters. The molecule has 0 saturated carbocycles. The summed E-state index contributed by atoms with van der Waals surface area (Å²) in [5.41, 5.74) is 1.75. The van der Waals surface area contributed by atoms with Crippen LogP contribution in [0.15, 0.2) is 28.8 Å². The molecule has 0 radical (unpaired) electrons. The number of nitrogens with zero attached hydrogens (tertiary/aromatic N) is 3. The smallest absolute Gasteiger partial charge is 0.240 e. The zero-order valence-electron chi connectivity index (χ0n) is 11.3. The minimum atomic E-state index is 0.172. The molecule has 6 nitrogen and oxygen atoms in total. The maximum absolute atomic E-state index is 11.8. The van der Waals surface area contributed by atoms with E-state index < -0.39 is 0 Å². The Morgan fingerprint density at radius 3 is 3.10 bits per heavy atom. The zero-order valence-corrected chi connectivity index (χ0v) is 11.3. The second-order valence-electron chi connectivity index (χ2n) is 4.74. The van der Waals surface area contributed by atoms with E-state index in [1.807, 2.05) is 31.3 Å². The van der Waals surface area contributed by atoms with Gasteiger partial charge in [-0.1, -0.05) is 17.3 Å². The molecule has 0 spiro atoms. The SMILES string of the molecule is CNCc1nc(-c2cccc(N3CCCC3=O)c2)no1. The minimum Gasteiger partial charge on any atom is -0.338 e. The van der Waals surface area contributed by atoms with Crippen LogP contribution in [0.25, 0.3) is 11.4 Å². The number of hydrogen-bond acceptors (Lipinski definition) is 5. The summed E-state index contributed by atoms with van der Waals surface area (Å²) in [7, 11) is 1.82. The van der Waals surface area contributed by atoms with E-state index in [9.17, 15) is 4.79 Å². The Morgan fingerprint density at radius 2 is 2.35 bits per heavy atom. The molecular weight excluding hydrogens is 256 g/mol. The van der Waals surface area contributed by atoms with Crippen molar-refractivity contribution in [3.05, 3.63) is 30.2 Å². The molecule has 6 heteroatoms. The first-order valence-corrected chi connectivity index (χ1v) is 6.66. The van der Waals surface area contributed by atoms with Gasteiger partial charge in [-0.3, -0.25) is 4.79 Å². The summed E-state index contributed by atoms with van der Waals surface area (Å²) in [6, 6.07) is 7.68. The third-order valence-electron chi connectivity index (χ3n) is 3.29. The molecule has 2 heterocycles. The Bertz CT molecular complexity index is 623. The summed E-state index contributed by atoms with van der Waals surface area (Å²) in [5, 5.41) is 6.92. The van der Waals surface area contributed by atoms with Crippen LogP contribution in [0.3, 0.4) is 0 Å². The average Bonchev–Trinajstić information content (AvgIpc) is 3.08. The number of hydrogen-bond donors (Lipinski definition) is 1. The third kappa shape index (κ3) is 2.42. The molecule has 0 aliphatic carbocycles. The third-order valence-corrected chi connectivity index (χ3v) is 3.29. The van der Waals surface area contributed by atoms with Crippen molar-refractivity contribution >= 4 is 11.6 Å². The predicted octanol–water partition coefficient (Wildman–Crippen LogP) is 1.58. The number of aromatic nitrogens is 2. The van der Waals surface area contributed by atoms with Crippen molar-refractivity contribution in [3.8, 4) is 11.4 Å². The highest BCUT2D eigenvalue weighted by molar-refractivity contribution is 5.95. The van der Waals surface area contributed by atoms with E-state index >= 15 is 0 Å². The van der Waals surface area contributed by atoms with E-state index in [1.165, 1.54) is 0 Å². The van der Waals surface area contributed by atoms with Crippen LogP contribution in [0.4, 0.5) is 5.69 Å². The first-order chi connectivity index (χ1) is 9.78. The summed E-state index contributed by atoms with van der Waals surface area (Å²) in [6.45, 7) is 1.32. The van der Waals surface area contributed by atoms with E-state index in [-0.39, 0.29) is 5.91 Å². The van der Waals surface area contributed by atoms with E-state index in [0.29, 0.717) is 24.7 Å². The fraction of sp³-hybridized carbons (Fsp3) is 0.357. The summed E-state index contributed by atoms with van der Waals surface area (Å²) in [5.74, 6) is 1.26. The van der Waals surface area contributed by atoms with Crippen molar-refractivity contribution in [1.29, 1.82) is 0 Å². The number of rotatable bonds is 4. The van der Waals surface area contributed by atoms with Crippen LogP contribution in [0.2, 0.25) is 0 Å². The van der Waals surface area contributed by atoms with Crippen LogP contribution in [0, 0.1) is 0 Å². The van der Waals surface area contributed by atoms with Crippen LogP contribution in [-0.2, 0) is 11.3 Å². The fourth-order valence-corrected chi connectivity index (χ4v) is 2.33. The molecule has 1 aliphatic rings. The summed E-state index contributed by atoms with van der Waals surface area (Å²) in [6.07, 6.45) is 1.54. The molecule has 1 amide bonds. The summed E-state index contributed by atoms with van der Waals surface area (Å²) in [4.78, 5) is 17.9. The molecule has 1 aromatic heterocycles. The van der Waals surface area contributed by atoms with Crippen molar-refractivity contribution < 1.29 is 9.32 Å². The summed E-state index contributed by atoms with van der Waals surface area (Å²) >= 11 is 0. The quantitative estimate of drug-likeness (QED) is 0.915. The predicted molar refractivity (Wildman–Crippen MR) is 74.1 cm³/mol. The van der Waals surface area contributed by atoms with Crippen LogP contribution >= 0.6 is 0 Å². The molecule has 0 bridgehead atoms. The standard InChI is InChI=1S/C14H16N4O2/c1-15-9-12-16-14(17-20-12)10-4-2-5-11(8-10)18-7-3-6-13(18)19/h2,4-5,8,15H,3,6-7,9H2,1H3. The van der Waals surface area contributed by atoms with E-state index in [4.69, 9.17) is 4.52 Å². The second-order valence-corrected chi connectivity index (χ2v) is 4.74. The van der Waals surface area contributed by atoms with Gasteiger partial charge < -0.3 is 14.7 Å². The molecule has 3 rings (SSSR count). The fourth-order valence-electron chi connectivity index (χ4n) is 2.33. The highest BCUT2D eigenvalue weighted by Gasteiger charge is 2.22. The zero-order chi connectivity index (χ0) is 13.9. The lowest BCUT2D eigenvalue weighted by atomic mass is 10.2. The normalized spacial score (nSPS) is 15.1. The number of carbonyl (C=O) groups is 1. The van der Waals surface area contributed by atoms with Crippen molar-refractivity contribution in [2.45, 2.75) is 19.4 Å². The molecule has 2 aromatic rings. The molecule has 1 aliphatic heterocycles. The Balaban J connectivity index is 1.88. The van der Waals surface area contributed by atoms with Gasteiger partial charge in [-0.05, 0) is 25.6 Å². The number of anilines is 1. The minimum absolute atomic E-state index is 0.172. The molecule has 20 heavy (non-hydrogen) atoms. The van der Waals surface area contributed by atoms with Gasteiger partial charge in [-0.15, -0.1) is 0 Å². The maximum Gasteiger partial charge on any atom is 0.240 e. The number of amides is 1. The lowest BCUT2D eigenvalue weighted by molar-refractivity contribution is -0.117.